The zero-order chi connectivity index (χ0) is 15.0. The Morgan fingerprint density at radius 1 is 1.24 bits per heavy atom. The van der Waals surface area contributed by atoms with Gasteiger partial charge in [0.1, 0.15) is 0 Å². The summed E-state index contributed by atoms with van der Waals surface area (Å²) in [7, 11) is 0. The Hall–Kier alpha value is -0.570. The molecule has 2 saturated heterocycles. The number of likely N-dealkylation sites (tertiary alicyclic amines) is 1. The molecule has 0 aromatic carbocycles. The van der Waals surface area contributed by atoms with Crippen molar-refractivity contribution >= 4 is 18.3 Å². The second-order valence-corrected chi connectivity index (χ2v) is 5.63. The van der Waals surface area contributed by atoms with Gasteiger partial charge >= 0.3 is 6.18 Å². The molecule has 9 heteroatoms. The minimum atomic E-state index is -4.75. The normalized spacial score (nSPS) is 29.7. The summed E-state index contributed by atoms with van der Waals surface area (Å²) in [5, 5.41) is 9.73. The molecule has 21 heavy (non-hydrogen) atoms. The minimum Gasteiger partial charge on any atom is -0.381 e. The van der Waals surface area contributed by atoms with Crippen molar-refractivity contribution in [1.29, 1.82) is 0 Å². The van der Waals surface area contributed by atoms with Gasteiger partial charge in [0.15, 0.2) is 5.60 Å². The third kappa shape index (κ3) is 3.61. The van der Waals surface area contributed by atoms with Gasteiger partial charge in [0.05, 0.1) is 12.1 Å². The van der Waals surface area contributed by atoms with Crippen LogP contribution in [0.2, 0.25) is 0 Å². The molecule has 2 aliphatic heterocycles. The summed E-state index contributed by atoms with van der Waals surface area (Å²) in [5.74, 6) is -0.525. The van der Waals surface area contributed by atoms with Gasteiger partial charge in [0.2, 0.25) is 5.91 Å². The molecule has 0 radical (unpaired) electrons. The van der Waals surface area contributed by atoms with Crippen molar-refractivity contribution in [3.8, 4) is 0 Å². The Labute approximate surface area is 127 Å². The van der Waals surface area contributed by atoms with E-state index in [1.807, 2.05) is 0 Å². The van der Waals surface area contributed by atoms with Crippen LogP contribution in [0.4, 0.5) is 13.2 Å². The molecule has 0 aliphatic carbocycles. The molecule has 0 bridgehead atoms. The van der Waals surface area contributed by atoms with Crippen LogP contribution in [0.25, 0.3) is 0 Å². The van der Waals surface area contributed by atoms with Gasteiger partial charge < -0.3 is 20.5 Å². The van der Waals surface area contributed by atoms with Crippen LogP contribution in [0.15, 0.2) is 0 Å². The van der Waals surface area contributed by atoms with Crippen molar-refractivity contribution in [2.75, 3.05) is 26.3 Å². The smallest absolute Gasteiger partial charge is 0.381 e. The van der Waals surface area contributed by atoms with E-state index in [2.05, 4.69) is 0 Å². The molecular formula is C12H20ClF3N2O3. The Kier molecular flexibility index (Phi) is 5.52. The highest BCUT2D eigenvalue weighted by molar-refractivity contribution is 5.86. The Balaban J connectivity index is 0.00000220. The first-order valence-corrected chi connectivity index (χ1v) is 6.63. The molecule has 1 atom stereocenters. The summed E-state index contributed by atoms with van der Waals surface area (Å²) in [6.45, 7) is 0.0887. The maximum atomic E-state index is 12.9. The fraction of sp³-hybridized carbons (Fsp3) is 0.917. The largest absolute Gasteiger partial charge is 0.418 e. The lowest BCUT2D eigenvalue weighted by Crippen LogP contribution is -2.64. The molecule has 1 unspecified atom stereocenters. The van der Waals surface area contributed by atoms with E-state index < -0.39 is 29.8 Å². The molecule has 0 aromatic heterocycles. The maximum absolute atomic E-state index is 12.9. The second kappa shape index (κ2) is 6.28. The second-order valence-electron chi connectivity index (χ2n) is 5.63. The Morgan fingerprint density at radius 3 is 2.33 bits per heavy atom. The average Bonchev–Trinajstić information content (AvgIpc) is 2.37. The molecule has 0 saturated carbocycles. The number of hydrogen-bond donors (Lipinski definition) is 2. The summed E-state index contributed by atoms with van der Waals surface area (Å²) in [6, 6.07) is 0. The fourth-order valence-corrected chi connectivity index (χ4v) is 2.71. The quantitative estimate of drug-likeness (QED) is 0.746. The molecule has 124 valence electrons. The van der Waals surface area contributed by atoms with Gasteiger partial charge in [0, 0.05) is 19.8 Å². The van der Waals surface area contributed by atoms with Crippen molar-refractivity contribution < 1.29 is 27.8 Å². The van der Waals surface area contributed by atoms with Crippen LogP contribution >= 0.6 is 12.4 Å². The number of hydrogen-bond acceptors (Lipinski definition) is 4. The number of carbonyl (C=O) groups excluding carboxylic acids is 1. The van der Waals surface area contributed by atoms with Gasteiger partial charge in [-0.05, 0) is 25.7 Å². The minimum absolute atomic E-state index is 0. The number of amides is 1. The van der Waals surface area contributed by atoms with Crippen molar-refractivity contribution in [3.05, 3.63) is 0 Å². The highest BCUT2D eigenvalue weighted by atomic mass is 35.5. The van der Waals surface area contributed by atoms with Crippen LogP contribution in [-0.4, -0.2) is 59.5 Å². The van der Waals surface area contributed by atoms with Crippen molar-refractivity contribution in [3.63, 3.8) is 0 Å². The van der Waals surface area contributed by atoms with E-state index in [1.54, 1.807) is 0 Å². The molecule has 2 aliphatic rings. The van der Waals surface area contributed by atoms with E-state index in [-0.39, 0.29) is 44.6 Å². The van der Waals surface area contributed by atoms with E-state index in [1.165, 1.54) is 0 Å². The van der Waals surface area contributed by atoms with Crippen LogP contribution in [-0.2, 0) is 9.53 Å². The van der Waals surface area contributed by atoms with Gasteiger partial charge in [-0.25, -0.2) is 0 Å². The van der Waals surface area contributed by atoms with Crippen LogP contribution in [0.1, 0.15) is 25.7 Å². The summed E-state index contributed by atoms with van der Waals surface area (Å²) in [4.78, 5) is 13.4. The number of nitrogens with zero attached hydrogens (tertiary/aromatic N) is 1. The van der Waals surface area contributed by atoms with Gasteiger partial charge in [-0.2, -0.15) is 13.2 Å². The first-order valence-electron chi connectivity index (χ1n) is 6.63. The number of aliphatic hydroxyl groups is 1. The fourth-order valence-electron chi connectivity index (χ4n) is 2.71. The van der Waals surface area contributed by atoms with Crippen molar-refractivity contribution in [1.82, 2.24) is 4.90 Å². The summed E-state index contributed by atoms with van der Waals surface area (Å²) in [6.07, 6.45) is -4.46. The van der Waals surface area contributed by atoms with Crippen molar-refractivity contribution in [2.45, 2.75) is 43.0 Å². The number of alkyl halides is 3. The predicted octanol–water partition coefficient (Wildman–Crippen LogP) is 0.832. The van der Waals surface area contributed by atoms with Crippen LogP contribution < -0.4 is 5.73 Å². The SMILES string of the molecule is Cl.NC1(C(=O)N2CCCC(O)(C(F)(F)F)C2)CCOCC1. The summed E-state index contributed by atoms with van der Waals surface area (Å²) < 4.78 is 43.7. The van der Waals surface area contributed by atoms with E-state index >= 15 is 0 Å². The number of halogens is 4. The molecule has 5 nitrogen and oxygen atoms in total. The monoisotopic (exact) mass is 332 g/mol. The molecule has 1 amide bonds. The topological polar surface area (TPSA) is 75.8 Å². The third-order valence-electron chi connectivity index (χ3n) is 4.10. The lowest BCUT2D eigenvalue weighted by atomic mass is 9.86. The number of nitrogens with two attached hydrogens (primary N) is 1. The third-order valence-corrected chi connectivity index (χ3v) is 4.10. The predicted molar refractivity (Wildman–Crippen MR) is 71.0 cm³/mol. The van der Waals surface area contributed by atoms with Crippen LogP contribution in [0.5, 0.6) is 0 Å². The Bertz CT molecular complexity index is 388. The van der Waals surface area contributed by atoms with E-state index in [9.17, 15) is 23.1 Å². The van der Waals surface area contributed by atoms with Gasteiger partial charge in [-0.15, -0.1) is 12.4 Å². The maximum Gasteiger partial charge on any atom is 0.418 e. The van der Waals surface area contributed by atoms with E-state index in [4.69, 9.17) is 10.5 Å². The van der Waals surface area contributed by atoms with E-state index in [0.717, 1.165) is 4.90 Å². The highest BCUT2D eigenvalue weighted by Crippen LogP contribution is 2.38. The zero-order valence-corrected chi connectivity index (χ0v) is 12.3. The number of β-amino-alcohol motifs (C(OH)–C–C–N with tert-alkyl or cyclic N) is 1. The summed E-state index contributed by atoms with van der Waals surface area (Å²) >= 11 is 0. The van der Waals surface area contributed by atoms with Gasteiger partial charge in [-0.3, -0.25) is 4.79 Å². The molecule has 0 aromatic rings. The first kappa shape index (κ1) is 18.5. The number of ether oxygens (including phenoxy) is 1. The van der Waals surface area contributed by atoms with Gasteiger partial charge in [-0.1, -0.05) is 0 Å². The molecule has 2 rings (SSSR count). The zero-order valence-electron chi connectivity index (χ0n) is 11.5. The number of rotatable bonds is 1. The molecule has 3 N–H and O–H groups in total. The van der Waals surface area contributed by atoms with Gasteiger partial charge in [0.25, 0.3) is 0 Å². The first-order chi connectivity index (χ1) is 9.18. The average molecular weight is 333 g/mol. The molecule has 0 spiro atoms. The lowest BCUT2D eigenvalue weighted by Gasteiger charge is -2.44. The van der Waals surface area contributed by atoms with E-state index in [0.29, 0.717) is 13.2 Å². The van der Waals surface area contributed by atoms with Crippen molar-refractivity contribution in [2.24, 2.45) is 5.73 Å². The lowest BCUT2D eigenvalue weighted by molar-refractivity contribution is -0.273. The Morgan fingerprint density at radius 2 is 1.81 bits per heavy atom. The van der Waals surface area contributed by atoms with Crippen LogP contribution in [0, 0.1) is 0 Å². The number of carbonyl (C=O) groups is 1. The number of piperidine rings is 1. The standard InChI is InChI=1S/C12H19F3N2O3.ClH/c13-12(14,15)11(19)2-1-5-17(8-11)9(18)10(16)3-6-20-7-4-10;/h19H,1-8,16H2;1H. The highest BCUT2D eigenvalue weighted by Gasteiger charge is 2.56. The molecule has 2 heterocycles. The molecular weight excluding hydrogens is 313 g/mol. The van der Waals surface area contributed by atoms with Crippen LogP contribution in [0.3, 0.4) is 0 Å². The molecule has 2 fully saturated rings. The summed E-state index contributed by atoms with van der Waals surface area (Å²) in [5.41, 5.74) is 1.99.